The standard InChI is InChI=1S/C8H2ClF5N2O4/c9-5(17)4-2(6(10)11)1-3(16(18)19)7(15-4)20-8(12,13)14/h1,6H. The van der Waals surface area contributed by atoms with E-state index in [1.165, 1.54) is 0 Å². The van der Waals surface area contributed by atoms with Crippen molar-refractivity contribution in [3.8, 4) is 5.88 Å². The first-order valence-electron chi connectivity index (χ1n) is 4.46. The number of alkyl halides is 5. The quantitative estimate of drug-likeness (QED) is 0.368. The van der Waals surface area contributed by atoms with E-state index in [2.05, 4.69) is 9.72 Å². The molecule has 6 nitrogen and oxygen atoms in total. The van der Waals surface area contributed by atoms with Crippen LogP contribution in [0.15, 0.2) is 6.07 Å². The number of nitro groups is 1. The highest BCUT2D eigenvalue weighted by Crippen LogP contribution is 2.35. The molecule has 0 unspecified atom stereocenters. The molecule has 1 aromatic rings. The molecule has 0 bridgehead atoms. The summed E-state index contributed by atoms with van der Waals surface area (Å²) in [5.41, 5.74) is -4.00. The van der Waals surface area contributed by atoms with Gasteiger partial charge in [-0.1, -0.05) is 0 Å². The number of nitrogens with zero attached hydrogens (tertiary/aromatic N) is 2. The molecule has 0 aliphatic rings. The van der Waals surface area contributed by atoms with Gasteiger partial charge < -0.3 is 4.74 Å². The topological polar surface area (TPSA) is 82.3 Å². The highest BCUT2D eigenvalue weighted by atomic mass is 35.5. The Morgan fingerprint density at radius 3 is 2.35 bits per heavy atom. The Morgan fingerprint density at radius 2 is 2.00 bits per heavy atom. The highest BCUT2D eigenvalue weighted by molar-refractivity contribution is 6.67. The third-order valence-corrected chi connectivity index (χ3v) is 2.01. The van der Waals surface area contributed by atoms with Crippen molar-refractivity contribution in [2.75, 3.05) is 0 Å². The zero-order valence-corrected chi connectivity index (χ0v) is 9.71. The van der Waals surface area contributed by atoms with E-state index in [0.29, 0.717) is 0 Å². The van der Waals surface area contributed by atoms with Gasteiger partial charge in [0, 0.05) is 6.07 Å². The molecular formula is C8H2ClF5N2O4. The lowest BCUT2D eigenvalue weighted by atomic mass is 10.2. The number of hydrogen-bond donors (Lipinski definition) is 0. The SMILES string of the molecule is O=C(Cl)c1nc(OC(F)(F)F)c([N+](=O)[O-])cc1C(F)F. The van der Waals surface area contributed by atoms with Gasteiger partial charge in [-0.2, -0.15) is 0 Å². The maximum absolute atomic E-state index is 12.6. The average molecular weight is 321 g/mol. The fourth-order valence-corrected chi connectivity index (χ4v) is 1.29. The Labute approximate surface area is 111 Å². The molecule has 1 rings (SSSR count). The van der Waals surface area contributed by atoms with Crippen molar-refractivity contribution in [2.45, 2.75) is 12.8 Å². The number of halogens is 6. The van der Waals surface area contributed by atoms with Crippen LogP contribution in [0.3, 0.4) is 0 Å². The molecule has 0 atom stereocenters. The minimum Gasteiger partial charge on any atom is -0.381 e. The maximum atomic E-state index is 12.6. The maximum Gasteiger partial charge on any atom is 0.574 e. The van der Waals surface area contributed by atoms with E-state index in [1.54, 1.807) is 0 Å². The van der Waals surface area contributed by atoms with Crippen molar-refractivity contribution in [3.05, 3.63) is 27.4 Å². The number of pyridine rings is 1. The lowest BCUT2D eigenvalue weighted by Gasteiger charge is -2.11. The number of aromatic nitrogens is 1. The van der Waals surface area contributed by atoms with Crippen LogP contribution in [0.5, 0.6) is 5.88 Å². The number of rotatable bonds is 4. The van der Waals surface area contributed by atoms with Crippen LogP contribution in [-0.4, -0.2) is 21.5 Å². The summed E-state index contributed by atoms with van der Waals surface area (Å²) in [7, 11) is 0. The molecule has 12 heteroatoms. The summed E-state index contributed by atoms with van der Waals surface area (Å²) >= 11 is 4.89. The second-order valence-corrected chi connectivity index (χ2v) is 3.47. The van der Waals surface area contributed by atoms with Crippen molar-refractivity contribution in [3.63, 3.8) is 0 Å². The zero-order chi connectivity index (χ0) is 15.7. The lowest BCUT2D eigenvalue weighted by molar-refractivity contribution is -0.389. The van der Waals surface area contributed by atoms with Crippen LogP contribution in [0.1, 0.15) is 22.5 Å². The van der Waals surface area contributed by atoms with Crippen LogP contribution >= 0.6 is 11.6 Å². The third-order valence-electron chi connectivity index (χ3n) is 1.83. The van der Waals surface area contributed by atoms with E-state index in [0.717, 1.165) is 0 Å². The third kappa shape index (κ3) is 3.73. The van der Waals surface area contributed by atoms with Crippen molar-refractivity contribution in [1.82, 2.24) is 4.98 Å². The summed E-state index contributed by atoms with van der Waals surface area (Å²) in [4.78, 5) is 22.7. The molecule has 0 aliphatic heterocycles. The minimum absolute atomic E-state index is 0.0500. The number of carbonyl (C=O) groups is 1. The molecule has 0 saturated heterocycles. The zero-order valence-electron chi connectivity index (χ0n) is 8.95. The van der Waals surface area contributed by atoms with E-state index in [-0.39, 0.29) is 6.07 Å². The molecule has 0 saturated carbocycles. The van der Waals surface area contributed by atoms with Gasteiger partial charge in [-0.25, -0.2) is 13.8 Å². The molecule has 0 aliphatic carbocycles. The van der Waals surface area contributed by atoms with Crippen LogP contribution in [0, 0.1) is 10.1 Å². The molecule has 110 valence electrons. The van der Waals surface area contributed by atoms with Gasteiger partial charge in [0.05, 0.1) is 10.5 Å². The summed E-state index contributed by atoms with van der Waals surface area (Å²) in [5.74, 6) is -1.66. The monoisotopic (exact) mass is 320 g/mol. The molecule has 20 heavy (non-hydrogen) atoms. The van der Waals surface area contributed by atoms with E-state index in [1.807, 2.05) is 0 Å². The van der Waals surface area contributed by atoms with Crippen molar-refractivity contribution in [1.29, 1.82) is 0 Å². The predicted molar refractivity (Wildman–Crippen MR) is 52.7 cm³/mol. The predicted octanol–water partition coefficient (Wildman–Crippen LogP) is 3.21. The van der Waals surface area contributed by atoms with E-state index in [9.17, 15) is 36.9 Å². The molecule has 0 spiro atoms. The van der Waals surface area contributed by atoms with E-state index >= 15 is 0 Å². The Kier molecular flexibility index (Phi) is 4.43. The summed E-state index contributed by atoms with van der Waals surface area (Å²) in [6, 6.07) is 0.0500. The number of carbonyl (C=O) groups excluding carboxylic acids is 1. The largest absolute Gasteiger partial charge is 0.574 e. The summed E-state index contributed by atoms with van der Waals surface area (Å²) < 4.78 is 64.4. The fraction of sp³-hybridized carbons (Fsp3) is 0.250. The Balaban J connectivity index is 3.53. The normalized spacial score (nSPS) is 11.6. The van der Waals surface area contributed by atoms with Gasteiger partial charge in [-0.15, -0.1) is 13.2 Å². The van der Waals surface area contributed by atoms with Crippen LogP contribution < -0.4 is 4.74 Å². The smallest absolute Gasteiger partial charge is 0.381 e. The molecule has 0 fully saturated rings. The first-order chi connectivity index (χ1) is 9.03. The molecule has 1 heterocycles. The van der Waals surface area contributed by atoms with Crippen LogP contribution in [-0.2, 0) is 0 Å². The molecular weight excluding hydrogens is 319 g/mol. The fourth-order valence-electron chi connectivity index (χ4n) is 1.14. The van der Waals surface area contributed by atoms with Crippen molar-refractivity contribution < 1.29 is 36.4 Å². The summed E-state index contributed by atoms with van der Waals surface area (Å²) in [6.45, 7) is 0. The Morgan fingerprint density at radius 1 is 1.45 bits per heavy atom. The van der Waals surface area contributed by atoms with Gasteiger partial charge in [-0.3, -0.25) is 14.9 Å². The molecule has 0 radical (unpaired) electrons. The van der Waals surface area contributed by atoms with Crippen LogP contribution in [0.2, 0.25) is 0 Å². The second kappa shape index (κ2) is 5.53. The molecule has 0 aromatic carbocycles. The highest BCUT2D eigenvalue weighted by Gasteiger charge is 2.37. The van der Waals surface area contributed by atoms with Gasteiger partial charge in [0.2, 0.25) is 0 Å². The summed E-state index contributed by atoms with van der Waals surface area (Å²) in [5, 5.41) is 8.91. The van der Waals surface area contributed by atoms with Crippen LogP contribution in [0.25, 0.3) is 0 Å². The van der Waals surface area contributed by atoms with E-state index in [4.69, 9.17) is 11.6 Å². The second-order valence-electron chi connectivity index (χ2n) is 3.13. The Hall–Kier alpha value is -2.04. The van der Waals surface area contributed by atoms with Crippen molar-refractivity contribution in [2.24, 2.45) is 0 Å². The van der Waals surface area contributed by atoms with Crippen LogP contribution in [0.4, 0.5) is 27.6 Å². The molecule has 0 N–H and O–H groups in total. The Bertz CT molecular complexity index is 563. The minimum atomic E-state index is -5.36. The van der Waals surface area contributed by atoms with E-state index < -0.39 is 45.8 Å². The molecule has 1 aromatic heterocycles. The van der Waals surface area contributed by atoms with Gasteiger partial charge in [0.25, 0.3) is 11.7 Å². The van der Waals surface area contributed by atoms with Gasteiger partial charge in [-0.05, 0) is 11.6 Å². The number of hydrogen-bond acceptors (Lipinski definition) is 5. The first-order valence-corrected chi connectivity index (χ1v) is 4.83. The number of ether oxygens (including phenoxy) is 1. The van der Waals surface area contributed by atoms with Crippen molar-refractivity contribution >= 4 is 22.5 Å². The first kappa shape index (κ1) is 16.0. The summed E-state index contributed by atoms with van der Waals surface area (Å²) in [6.07, 6.45) is -8.77. The lowest BCUT2D eigenvalue weighted by Crippen LogP contribution is -2.20. The van der Waals surface area contributed by atoms with Gasteiger partial charge >= 0.3 is 17.9 Å². The molecule has 0 amide bonds. The van der Waals surface area contributed by atoms with Gasteiger partial charge in [0.1, 0.15) is 5.69 Å². The average Bonchev–Trinajstić information content (AvgIpc) is 2.25. The van der Waals surface area contributed by atoms with Gasteiger partial charge in [0.15, 0.2) is 0 Å².